The van der Waals surface area contributed by atoms with Crippen molar-refractivity contribution in [2.45, 2.75) is 0 Å². The second-order valence-electron chi connectivity index (χ2n) is 3.78. The molecule has 0 amide bonds. The Kier molecular flexibility index (Phi) is 3.72. The van der Waals surface area contributed by atoms with Crippen molar-refractivity contribution in [1.82, 2.24) is 0 Å². The zero-order valence-corrected chi connectivity index (χ0v) is 9.88. The lowest BCUT2D eigenvalue weighted by Gasteiger charge is -2.09. The van der Waals surface area contributed by atoms with Crippen LogP contribution in [0.3, 0.4) is 0 Å². The number of para-hydroxylation sites is 1. The predicted octanol–water partition coefficient (Wildman–Crippen LogP) is 2.63. The molecule has 0 aliphatic rings. The lowest BCUT2D eigenvalue weighted by atomic mass is 10.0. The van der Waals surface area contributed by atoms with E-state index in [1.807, 2.05) is 60.7 Å². The van der Waals surface area contributed by atoms with Gasteiger partial charge in [-0.2, -0.15) is 5.26 Å². The van der Waals surface area contributed by atoms with Gasteiger partial charge in [0.1, 0.15) is 6.54 Å². The highest BCUT2D eigenvalue weighted by atomic mass is 14.7. The molecule has 0 saturated heterocycles. The van der Waals surface area contributed by atoms with Crippen LogP contribution in [0.1, 0.15) is 11.1 Å². The molecule has 2 rings (SSSR count). The molecule has 18 heavy (non-hydrogen) atoms. The highest BCUT2D eigenvalue weighted by Gasteiger charge is 2.08. The molecule has 0 heterocycles. The molecular formula is C15H13N3. The summed E-state index contributed by atoms with van der Waals surface area (Å²) in [5.74, 6) is 0. The van der Waals surface area contributed by atoms with E-state index in [1.165, 1.54) is 0 Å². The molecule has 3 heteroatoms. The fourth-order valence-electron chi connectivity index (χ4n) is 1.76. The molecule has 2 N–H and O–H groups in total. The third-order valence-electron chi connectivity index (χ3n) is 2.57. The minimum Gasteiger partial charge on any atom is -0.398 e. The van der Waals surface area contributed by atoms with Crippen molar-refractivity contribution in [1.29, 1.82) is 5.26 Å². The highest BCUT2D eigenvalue weighted by Crippen LogP contribution is 2.17. The molecule has 0 radical (unpaired) electrons. The van der Waals surface area contributed by atoms with Gasteiger partial charge in [0.25, 0.3) is 0 Å². The molecule has 0 unspecified atom stereocenters. The Balaban J connectivity index is 2.52. The Morgan fingerprint density at radius 1 is 1.06 bits per heavy atom. The number of nitrogen functional groups attached to an aromatic ring is 1. The van der Waals surface area contributed by atoms with Gasteiger partial charge in [-0.05, 0) is 6.07 Å². The molecular weight excluding hydrogens is 222 g/mol. The van der Waals surface area contributed by atoms with E-state index in [2.05, 4.69) is 4.99 Å². The van der Waals surface area contributed by atoms with Crippen LogP contribution < -0.4 is 5.73 Å². The Labute approximate surface area is 106 Å². The largest absolute Gasteiger partial charge is 0.398 e. The van der Waals surface area contributed by atoms with Crippen LogP contribution >= 0.6 is 0 Å². The van der Waals surface area contributed by atoms with E-state index in [1.54, 1.807) is 0 Å². The molecule has 0 fully saturated rings. The molecule has 0 aromatic heterocycles. The Hall–Kier alpha value is -2.60. The van der Waals surface area contributed by atoms with Gasteiger partial charge in [0, 0.05) is 16.8 Å². The lowest BCUT2D eigenvalue weighted by Crippen LogP contribution is -2.07. The van der Waals surface area contributed by atoms with Crippen molar-refractivity contribution in [3.63, 3.8) is 0 Å². The SMILES string of the molecule is N#CCN=C(c1ccccc1)c1ccccc1N. The number of rotatable bonds is 3. The van der Waals surface area contributed by atoms with Crippen LogP contribution in [0.4, 0.5) is 5.69 Å². The average molecular weight is 235 g/mol. The van der Waals surface area contributed by atoms with Gasteiger partial charge >= 0.3 is 0 Å². The standard InChI is InChI=1S/C15H13N3/c16-10-11-18-15(12-6-2-1-3-7-12)13-8-4-5-9-14(13)17/h1-9H,11,17H2. The van der Waals surface area contributed by atoms with E-state index in [0.717, 1.165) is 16.8 Å². The molecule has 2 aromatic rings. The third-order valence-corrected chi connectivity index (χ3v) is 2.57. The van der Waals surface area contributed by atoms with Crippen LogP contribution in [-0.4, -0.2) is 12.3 Å². The highest BCUT2D eigenvalue weighted by molar-refractivity contribution is 6.15. The van der Waals surface area contributed by atoms with Gasteiger partial charge in [-0.3, -0.25) is 4.99 Å². The molecule has 0 atom stereocenters. The number of hydrogen-bond donors (Lipinski definition) is 1. The first-order chi connectivity index (χ1) is 8.83. The molecule has 0 bridgehead atoms. The normalized spacial score (nSPS) is 10.9. The van der Waals surface area contributed by atoms with E-state index in [-0.39, 0.29) is 6.54 Å². The number of nitrogens with zero attached hydrogens (tertiary/aromatic N) is 2. The summed E-state index contributed by atoms with van der Waals surface area (Å²) in [5.41, 5.74) is 9.21. The number of nitriles is 1. The van der Waals surface area contributed by atoms with Crippen molar-refractivity contribution in [2.75, 3.05) is 12.3 Å². The third kappa shape index (κ3) is 2.55. The van der Waals surface area contributed by atoms with Gasteiger partial charge in [-0.1, -0.05) is 48.5 Å². The molecule has 0 spiro atoms. The van der Waals surface area contributed by atoms with Gasteiger partial charge in [0.2, 0.25) is 0 Å². The Morgan fingerprint density at radius 3 is 2.39 bits per heavy atom. The van der Waals surface area contributed by atoms with E-state index < -0.39 is 0 Å². The summed E-state index contributed by atoms with van der Waals surface area (Å²) in [5, 5.41) is 8.69. The summed E-state index contributed by atoms with van der Waals surface area (Å²) in [6.45, 7) is 0.124. The van der Waals surface area contributed by atoms with Gasteiger partial charge in [-0.25, -0.2) is 0 Å². The maximum Gasteiger partial charge on any atom is 0.126 e. The van der Waals surface area contributed by atoms with E-state index in [4.69, 9.17) is 11.0 Å². The van der Waals surface area contributed by atoms with Crippen LogP contribution in [0.5, 0.6) is 0 Å². The minimum absolute atomic E-state index is 0.124. The summed E-state index contributed by atoms with van der Waals surface area (Å²) < 4.78 is 0. The van der Waals surface area contributed by atoms with Crippen LogP contribution in [0.2, 0.25) is 0 Å². The Morgan fingerprint density at radius 2 is 1.72 bits per heavy atom. The van der Waals surface area contributed by atoms with Crippen LogP contribution in [0.15, 0.2) is 59.6 Å². The van der Waals surface area contributed by atoms with Crippen LogP contribution in [0, 0.1) is 11.3 Å². The summed E-state index contributed by atoms with van der Waals surface area (Å²) in [6.07, 6.45) is 0. The number of hydrogen-bond acceptors (Lipinski definition) is 3. The molecule has 0 aliphatic heterocycles. The maximum absolute atomic E-state index is 8.69. The van der Waals surface area contributed by atoms with E-state index in [9.17, 15) is 0 Å². The monoisotopic (exact) mass is 235 g/mol. The van der Waals surface area contributed by atoms with Gasteiger partial charge in [0.05, 0.1) is 11.8 Å². The van der Waals surface area contributed by atoms with E-state index >= 15 is 0 Å². The second kappa shape index (κ2) is 5.65. The maximum atomic E-state index is 8.69. The van der Waals surface area contributed by atoms with Gasteiger partial charge in [-0.15, -0.1) is 0 Å². The van der Waals surface area contributed by atoms with Gasteiger partial charge in [0.15, 0.2) is 0 Å². The smallest absolute Gasteiger partial charge is 0.126 e. The van der Waals surface area contributed by atoms with Crippen molar-refractivity contribution in [2.24, 2.45) is 4.99 Å². The van der Waals surface area contributed by atoms with Crippen molar-refractivity contribution in [3.05, 3.63) is 65.7 Å². The van der Waals surface area contributed by atoms with Crippen LogP contribution in [-0.2, 0) is 0 Å². The number of anilines is 1. The average Bonchev–Trinajstić information content (AvgIpc) is 2.42. The Bertz CT molecular complexity index is 595. The lowest BCUT2D eigenvalue weighted by molar-refractivity contribution is 1.23. The summed E-state index contributed by atoms with van der Waals surface area (Å²) in [6, 6.07) is 19.3. The fourth-order valence-corrected chi connectivity index (χ4v) is 1.76. The zero-order valence-electron chi connectivity index (χ0n) is 9.88. The zero-order chi connectivity index (χ0) is 12.8. The second-order valence-corrected chi connectivity index (χ2v) is 3.78. The predicted molar refractivity (Wildman–Crippen MR) is 73.4 cm³/mol. The molecule has 0 aliphatic carbocycles. The molecule has 3 nitrogen and oxygen atoms in total. The molecule has 0 saturated carbocycles. The molecule has 88 valence electrons. The number of nitrogens with two attached hydrogens (primary N) is 1. The molecule has 2 aromatic carbocycles. The minimum atomic E-state index is 0.124. The number of benzene rings is 2. The first-order valence-electron chi connectivity index (χ1n) is 5.64. The first-order valence-corrected chi connectivity index (χ1v) is 5.64. The number of aliphatic imine (C=N–C) groups is 1. The van der Waals surface area contributed by atoms with Crippen molar-refractivity contribution in [3.8, 4) is 6.07 Å². The van der Waals surface area contributed by atoms with E-state index in [0.29, 0.717) is 5.69 Å². The van der Waals surface area contributed by atoms with Crippen LogP contribution in [0.25, 0.3) is 0 Å². The van der Waals surface area contributed by atoms with Crippen molar-refractivity contribution >= 4 is 11.4 Å². The summed E-state index contributed by atoms with van der Waals surface area (Å²) in [4.78, 5) is 4.32. The first kappa shape index (κ1) is 11.9. The quantitative estimate of drug-likeness (QED) is 0.505. The summed E-state index contributed by atoms with van der Waals surface area (Å²) >= 11 is 0. The summed E-state index contributed by atoms with van der Waals surface area (Å²) in [7, 11) is 0. The van der Waals surface area contributed by atoms with Crippen molar-refractivity contribution < 1.29 is 0 Å². The fraction of sp³-hybridized carbons (Fsp3) is 0.0667. The van der Waals surface area contributed by atoms with Gasteiger partial charge < -0.3 is 5.73 Å². The topological polar surface area (TPSA) is 62.2 Å².